The van der Waals surface area contributed by atoms with Gasteiger partial charge in [-0.25, -0.2) is 0 Å². The Morgan fingerprint density at radius 1 is 1.31 bits per heavy atom. The van der Waals surface area contributed by atoms with Crippen molar-refractivity contribution >= 4 is 5.97 Å². The summed E-state index contributed by atoms with van der Waals surface area (Å²) in [5.41, 5.74) is 0. The van der Waals surface area contributed by atoms with Crippen LogP contribution in [0.1, 0.15) is 38.5 Å². The first-order valence-electron chi connectivity index (χ1n) is 6.22. The Labute approximate surface area is 96.6 Å². The van der Waals surface area contributed by atoms with Gasteiger partial charge >= 0.3 is 5.97 Å². The van der Waals surface area contributed by atoms with E-state index in [1.807, 2.05) is 0 Å². The van der Waals surface area contributed by atoms with Crippen molar-refractivity contribution in [1.82, 2.24) is 4.90 Å². The molecule has 0 aromatic carbocycles. The van der Waals surface area contributed by atoms with Gasteiger partial charge < -0.3 is 9.84 Å². The van der Waals surface area contributed by atoms with Crippen molar-refractivity contribution in [1.29, 1.82) is 0 Å². The third-order valence-electron chi connectivity index (χ3n) is 3.73. The Balaban J connectivity index is 2.01. The van der Waals surface area contributed by atoms with Gasteiger partial charge in [0.25, 0.3) is 0 Å². The molecule has 92 valence electrons. The lowest BCUT2D eigenvalue weighted by molar-refractivity contribution is -0.140. The number of hydrogen-bond acceptors (Lipinski definition) is 3. The zero-order chi connectivity index (χ0) is 11.5. The SMILES string of the molecule is COC1CCCCC1N(CC(=O)O)C1CC1. The fourth-order valence-corrected chi connectivity index (χ4v) is 2.81. The third kappa shape index (κ3) is 2.74. The van der Waals surface area contributed by atoms with Crippen molar-refractivity contribution in [2.45, 2.75) is 56.7 Å². The number of rotatable bonds is 5. The lowest BCUT2D eigenvalue weighted by Crippen LogP contribution is -2.49. The van der Waals surface area contributed by atoms with Crippen molar-refractivity contribution in [3.05, 3.63) is 0 Å². The van der Waals surface area contributed by atoms with E-state index in [4.69, 9.17) is 9.84 Å². The molecule has 0 aliphatic heterocycles. The zero-order valence-corrected chi connectivity index (χ0v) is 9.89. The predicted octanol–water partition coefficient (Wildman–Crippen LogP) is 1.49. The smallest absolute Gasteiger partial charge is 0.317 e. The van der Waals surface area contributed by atoms with Gasteiger partial charge in [0.2, 0.25) is 0 Å². The molecule has 2 aliphatic carbocycles. The second-order valence-corrected chi connectivity index (χ2v) is 4.92. The topological polar surface area (TPSA) is 49.8 Å². The number of carboxylic acid groups (broad SMARTS) is 1. The van der Waals surface area contributed by atoms with Crippen LogP contribution in [0.15, 0.2) is 0 Å². The van der Waals surface area contributed by atoms with Crippen LogP contribution < -0.4 is 0 Å². The molecular formula is C12H21NO3. The number of carbonyl (C=O) groups is 1. The van der Waals surface area contributed by atoms with Gasteiger partial charge in [0.1, 0.15) is 0 Å². The molecule has 2 aliphatic rings. The molecule has 0 bridgehead atoms. The van der Waals surface area contributed by atoms with E-state index in [0.29, 0.717) is 12.1 Å². The standard InChI is InChI=1S/C12H21NO3/c1-16-11-5-3-2-4-10(11)13(8-12(14)15)9-6-7-9/h9-11H,2-8H2,1H3,(H,14,15). The number of nitrogens with zero attached hydrogens (tertiary/aromatic N) is 1. The average Bonchev–Trinajstić information content (AvgIpc) is 3.09. The van der Waals surface area contributed by atoms with Crippen molar-refractivity contribution in [3.8, 4) is 0 Å². The maximum Gasteiger partial charge on any atom is 0.317 e. The molecule has 0 heterocycles. The molecule has 0 aromatic rings. The molecule has 0 amide bonds. The van der Waals surface area contributed by atoms with E-state index in [1.165, 1.54) is 12.8 Å². The summed E-state index contributed by atoms with van der Waals surface area (Å²) in [6.45, 7) is 0.176. The Morgan fingerprint density at radius 2 is 2.00 bits per heavy atom. The molecule has 2 saturated carbocycles. The van der Waals surface area contributed by atoms with Gasteiger partial charge in [-0.15, -0.1) is 0 Å². The van der Waals surface area contributed by atoms with E-state index < -0.39 is 5.97 Å². The summed E-state index contributed by atoms with van der Waals surface area (Å²) in [5, 5.41) is 8.97. The molecule has 2 atom stereocenters. The highest BCUT2D eigenvalue weighted by atomic mass is 16.5. The minimum absolute atomic E-state index is 0.176. The molecule has 0 spiro atoms. The zero-order valence-electron chi connectivity index (χ0n) is 9.89. The van der Waals surface area contributed by atoms with Crippen molar-refractivity contribution in [2.75, 3.05) is 13.7 Å². The fraction of sp³-hybridized carbons (Fsp3) is 0.917. The van der Waals surface area contributed by atoms with Crippen LogP contribution in [0.3, 0.4) is 0 Å². The van der Waals surface area contributed by atoms with Gasteiger partial charge in [0.05, 0.1) is 12.6 Å². The highest BCUT2D eigenvalue weighted by Crippen LogP contribution is 2.34. The van der Waals surface area contributed by atoms with Gasteiger partial charge in [-0.1, -0.05) is 12.8 Å². The summed E-state index contributed by atoms with van der Waals surface area (Å²) < 4.78 is 5.51. The molecule has 0 radical (unpaired) electrons. The molecule has 16 heavy (non-hydrogen) atoms. The van der Waals surface area contributed by atoms with Crippen LogP contribution in [-0.4, -0.2) is 47.8 Å². The Kier molecular flexibility index (Phi) is 3.82. The largest absolute Gasteiger partial charge is 0.480 e. The Hall–Kier alpha value is -0.610. The molecule has 1 N–H and O–H groups in total. The van der Waals surface area contributed by atoms with E-state index >= 15 is 0 Å². The highest BCUT2D eigenvalue weighted by molar-refractivity contribution is 5.69. The third-order valence-corrected chi connectivity index (χ3v) is 3.73. The van der Waals surface area contributed by atoms with Crippen LogP contribution in [0.25, 0.3) is 0 Å². The number of carboxylic acids is 1. The first-order chi connectivity index (χ1) is 7.72. The van der Waals surface area contributed by atoms with E-state index in [0.717, 1.165) is 25.7 Å². The Bertz CT molecular complexity index is 253. The Morgan fingerprint density at radius 3 is 2.56 bits per heavy atom. The summed E-state index contributed by atoms with van der Waals surface area (Å²) >= 11 is 0. The number of aliphatic carboxylic acids is 1. The highest BCUT2D eigenvalue weighted by Gasteiger charge is 2.39. The first kappa shape index (κ1) is 11.9. The van der Waals surface area contributed by atoms with Gasteiger partial charge in [-0.2, -0.15) is 0 Å². The molecule has 4 nitrogen and oxygen atoms in total. The predicted molar refractivity (Wildman–Crippen MR) is 60.4 cm³/mol. The van der Waals surface area contributed by atoms with Crippen LogP contribution in [0.2, 0.25) is 0 Å². The number of hydrogen-bond donors (Lipinski definition) is 1. The van der Waals surface area contributed by atoms with E-state index in [-0.39, 0.29) is 12.6 Å². The van der Waals surface area contributed by atoms with E-state index in [2.05, 4.69) is 4.90 Å². The first-order valence-corrected chi connectivity index (χ1v) is 6.22. The molecule has 2 rings (SSSR count). The van der Waals surface area contributed by atoms with Crippen LogP contribution in [0, 0.1) is 0 Å². The van der Waals surface area contributed by atoms with Gasteiger partial charge in [-0.05, 0) is 25.7 Å². The normalized spacial score (nSPS) is 30.6. The van der Waals surface area contributed by atoms with Crippen LogP contribution in [0.5, 0.6) is 0 Å². The minimum atomic E-state index is -0.715. The summed E-state index contributed by atoms with van der Waals surface area (Å²) in [5.74, 6) is -0.715. The molecule has 0 aromatic heterocycles. The molecular weight excluding hydrogens is 206 g/mol. The quantitative estimate of drug-likeness (QED) is 0.773. The molecule has 2 fully saturated rings. The van der Waals surface area contributed by atoms with Crippen LogP contribution >= 0.6 is 0 Å². The lowest BCUT2D eigenvalue weighted by atomic mass is 9.91. The van der Waals surface area contributed by atoms with Crippen molar-refractivity contribution < 1.29 is 14.6 Å². The molecule has 0 saturated heterocycles. The summed E-state index contributed by atoms with van der Waals surface area (Å²) in [6, 6.07) is 0.819. The van der Waals surface area contributed by atoms with Gasteiger partial charge in [0, 0.05) is 19.2 Å². The average molecular weight is 227 g/mol. The molecule has 4 heteroatoms. The lowest BCUT2D eigenvalue weighted by Gasteiger charge is -2.38. The summed E-state index contributed by atoms with van der Waals surface area (Å²) in [4.78, 5) is 13.1. The van der Waals surface area contributed by atoms with E-state index in [1.54, 1.807) is 7.11 Å². The monoisotopic (exact) mass is 227 g/mol. The fourth-order valence-electron chi connectivity index (χ4n) is 2.81. The minimum Gasteiger partial charge on any atom is -0.480 e. The maximum absolute atomic E-state index is 10.9. The van der Waals surface area contributed by atoms with Crippen molar-refractivity contribution in [2.24, 2.45) is 0 Å². The number of ether oxygens (including phenoxy) is 1. The summed E-state index contributed by atoms with van der Waals surface area (Å²) in [6.07, 6.45) is 7.11. The van der Waals surface area contributed by atoms with Gasteiger partial charge in [-0.3, -0.25) is 9.69 Å². The maximum atomic E-state index is 10.9. The second kappa shape index (κ2) is 5.15. The van der Waals surface area contributed by atoms with Crippen LogP contribution in [0.4, 0.5) is 0 Å². The second-order valence-electron chi connectivity index (χ2n) is 4.92. The summed E-state index contributed by atoms with van der Waals surface area (Å²) in [7, 11) is 1.74. The van der Waals surface area contributed by atoms with Crippen LogP contribution in [-0.2, 0) is 9.53 Å². The van der Waals surface area contributed by atoms with Gasteiger partial charge in [0.15, 0.2) is 0 Å². The van der Waals surface area contributed by atoms with Crippen molar-refractivity contribution in [3.63, 3.8) is 0 Å². The van der Waals surface area contributed by atoms with E-state index in [9.17, 15) is 4.79 Å². The molecule has 2 unspecified atom stereocenters. The number of methoxy groups -OCH3 is 1.